The van der Waals surface area contributed by atoms with Gasteiger partial charge in [-0.3, -0.25) is 0 Å². The van der Waals surface area contributed by atoms with Crippen molar-refractivity contribution in [3.8, 4) is 0 Å². The van der Waals surface area contributed by atoms with Crippen LogP contribution >= 0.6 is 0 Å². The van der Waals surface area contributed by atoms with E-state index in [1.807, 2.05) is 7.05 Å². The highest BCUT2D eigenvalue weighted by Gasteiger charge is 2.61. The van der Waals surface area contributed by atoms with Gasteiger partial charge in [0.25, 0.3) is 0 Å². The number of aliphatic hydroxyl groups excluding tert-OH is 1. The van der Waals surface area contributed by atoms with E-state index in [4.69, 9.17) is 5.53 Å². The van der Waals surface area contributed by atoms with Crippen LogP contribution in [0.5, 0.6) is 0 Å². The lowest BCUT2D eigenvalue weighted by atomic mass is 9.70. The zero-order valence-electron chi connectivity index (χ0n) is 10.9. The summed E-state index contributed by atoms with van der Waals surface area (Å²) >= 11 is 0. The third-order valence-corrected chi connectivity index (χ3v) is 5.74. The van der Waals surface area contributed by atoms with Crippen molar-refractivity contribution in [2.24, 2.45) is 28.3 Å². The van der Waals surface area contributed by atoms with Crippen molar-refractivity contribution in [3.05, 3.63) is 10.4 Å². The second-order valence-corrected chi connectivity index (χ2v) is 6.53. The molecule has 0 aromatic carbocycles. The molecule has 4 fully saturated rings. The Balaban J connectivity index is 1.79. The molecule has 4 aliphatic rings. The monoisotopic (exact) mass is 250 g/mol. The van der Waals surface area contributed by atoms with E-state index in [0.717, 1.165) is 11.8 Å². The first-order chi connectivity index (χ1) is 8.69. The Hall–Kier alpha value is -0.770. The number of hydrogen-bond donors (Lipinski definition) is 2. The lowest BCUT2D eigenvalue weighted by molar-refractivity contribution is -0.0214. The Kier molecular flexibility index (Phi) is 3.00. The second kappa shape index (κ2) is 4.41. The van der Waals surface area contributed by atoms with Gasteiger partial charge >= 0.3 is 0 Å². The fourth-order valence-corrected chi connectivity index (χ4v) is 5.22. The van der Waals surface area contributed by atoms with Gasteiger partial charge in [0.2, 0.25) is 0 Å². The van der Waals surface area contributed by atoms with Crippen molar-refractivity contribution in [2.45, 2.75) is 44.2 Å². The van der Waals surface area contributed by atoms with E-state index in [0.29, 0.717) is 12.5 Å². The molecule has 0 aliphatic heterocycles. The van der Waals surface area contributed by atoms with E-state index in [1.54, 1.807) is 0 Å². The lowest BCUT2D eigenvalue weighted by Crippen LogP contribution is -2.51. The zero-order valence-corrected chi connectivity index (χ0v) is 10.9. The van der Waals surface area contributed by atoms with E-state index in [2.05, 4.69) is 15.3 Å². The number of nitrogens with one attached hydrogen (secondary N) is 1. The third-order valence-electron chi connectivity index (χ3n) is 5.74. The highest BCUT2D eigenvalue weighted by molar-refractivity contribution is 5.12. The summed E-state index contributed by atoms with van der Waals surface area (Å²) in [6.45, 7) is 0.345. The zero-order chi connectivity index (χ0) is 12.8. The SMILES string of the molecule is CN[C@H](CN=[N+]=[N-])[C@@H](O)C12CC3CC(CC1C3)C2. The highest BCUT2D eigenvalue weighted by atomic mass is 16.3. The molecule has 2 unspecified atom stereocenters. The van der Waals surface area contributed by atoms with Crippen LogP contribution in [-0.2, 0) is 0 Å². The van der Waals surface area contributed by atoms with Crippen molar-refractivity contribution >= 4 is 0 Å². The average molecular weight is 250 g/mol. The molecule has 2 N–H and O–H groups in total. The molecule has 4 atom stereocenters. The molecule has 5 nitrogen and oxygen atoms in total. The lowest BCUT2D eigenvalue weighted by Gasteiger charge is -2.40. The maximum atomic E-state index is 10.8. The summed E-state index contributed by atoms with van der Waals surface area (Å²) in [7, 11) is 1.84. The van der Waals surface area contributed by atoms with Crippen LogP contribution in [-0.4, -0.2) is 30.8 Å². The van der Waals surface area contributed by atoms with Crippen molar-refractivity contribution in [2.75, 3.05) is 13.6 Å². The number of likely N-dealkylation sites (N-methyl/N-ethyl adjacent to an activating group) is 1. The smallest absolute Gasteiger partial charge is 0.0753 e. The molecule has 100 valence electrons. The van der Waals surface area contributed by atoms with Gasteiger partial charge in [0, 0.05) is 22.9 Å². The van der Waals surface area contributed by atoms with Crippen LogP contribution in [0.15, 0.2) is 5.11 Å². The normalized spacial score (nSPS) is 43.8. The van der Waals surface area contributed by atoms with Crippen molar-refractivity contribution in [1.29, 1.82) is 0 Å². The van der Waals surface area contributed by atoms with E-state index in [-0.39, 0.29) is 17.6 Å². The van der Waals surface area contributed by atoms with Crippen molar-refractivity contribution < 1.29 is 5.11 Å². The molecule has 4 saturated carbocycles. The highest BCUT2D eigenvalue weighted by Crippen LogP contribution is 2.66. The molecule has 0 spiro atoms. The minimum atomic E-state index is -0.367. The number of azide groups is 1. The first kappa shape index (κ1) is 12.3. The summed E-state index contributed by atoms with van der Waals surface area (Å²) in [5, 5.41) is 17.6. The quantitative estimate of drug-likeness (QED) is 0.445. The molecule has 0 amide bonds. The largest absolute Gasteiger partial charge is 0.391 e. The van der Waals surface area contributed by atoms with Gasteiger partial charge in [-0.2, -0.15) is 0 Å². The van der Waals surface area contributed by atoms with Crippen LogP contribution in [0, 0.1) is 23.2 Å². The summed E-state index contributed by atoms with van der Waals surface area (Å²) in [4.78, 5) is 2.81. The number of nitrogens with zero attached hydrogens (tertiary/aromatic N) is 3. The molecule has 4 aliphatic carbocycles. The molecule has 4 bridgehead atoms. The van der Waals surface area contributed by atoms with Gasteiger partial charge in [0.05, 0.1) is 6.10 Å². The topological polar surface area (TPSA) is 81.0 Å². The van der Waals surface area contributed by atoms with Gasteiger partial charge in [0.15, 0.2) is 0 Å². The summed E-state index contributed by atoms with van der Waals surface area (Å²) < 4.78 is 0. The molecule has 0 radical (unpaired) electrons. The fourth-order valence-electron chi connectivity index (χ4n) is 5.22. The molecular formula is C13H22N4O. The molecule has 0 saturated heterocycles. The maximum absolute atomic E-state index is 10.8. The van der Waals surface area contributed by atoms with Crippen LogP contribution in [0.4, 0.5) is 0 Å². The van der Waals surface area contributed by atoms with Crippen LogP contribution in [0.2, 0.25) is 0 Å². The third kappa shape index (κ3) is 1.65. The van der Waals surface area contributed by atoms with Gasteiger partial charge < -0.3 is 10.4 Å². The number of rotatable bonds is 5. The Morgan fingerprint density at radius 1 is 1.39 bits per heavy atom. The van der Waals surface area contributed by atoms with Crippen LogP contribution in [0.25, 0.3) is 10.4 Å². The van der Waals surface area contributed by atoms with Crippen LogP contribution in [0.3, 0.4) is 0 Å². The molecule has 4 rings (SSSR count). The predicted octanol–water partition coefficient (Wildman–Crippen LogP) is 2.07. The molecule has 18 heavy (non-hydrogen) atoms. The van der Waals surface area contributed by atoms with E-state index >= 15 is 0 Å². The summed E-state index contributed by atoms with van der Waals surface area (Å²) in [6.07, 6.45) is 6.00. The van der Waals surface area contributed by atoms with Crippen molar-refractivity contribution in [3.63, 3.8) is 0 Å². The van der Waals surface area contributed by atoms with Gasteiger partial charge in [0.1, 0.15) is 0 Å². The number of hydrogen-bond acceptors (Lipinski definition) is 3. The first-order valence-electron chi connectivity index (χ1n) is 7.06. The Morgan fingerprint density at radius 3 is 2.61 bits per heavy atom. The first-order valence-corrected chi connectivity index (χ1v) is 7.06. The Bertz CT molecular complexity index is 365. The second-order valence-electron chi connectivity index (χ2n) is 6.53. The van der Waals surface area contributed by atoms with Gasteiger partial charge in [-0.1, -0.05) is 5.11 Å². The molecule has 5 heteroatoms. The fraction of sp³-hybridized carbons (Fsp3) is 1.00. The molecule has 0 heterocycles. The maximum Gasteiger partial charge on any atom is 0.0753 e. The minimum absolute atomic E-state index is 0.0981. The van der Waals surface area contributed by atoms with E-state index in [1.165, 1.54) is 32.1 Å². The average Bonchev–Trinajstić information content (AvgIpc) is 2.76. The Morgan fingerprint density at radius 2 is 2.06 bits per heavy atom. The van der Waals surface area contributed by atoms with Crippen LogP contribution < -0.4 is 5.32 Å². The van der Waals surface area contributed by atoms with Crippen molar-refractivity contribution in [1.82, 2.24) is 5.32 Å². The molecule has 0 aromatic rings. The summed E-state index contributed by atoms with van der Waals surface area (Å²) in [5.74, 6) is 2.39. The Labute approximate surface area is 108 Å². The van der Waals surface area contributed by atoms with Gasteiger partial charge in [-0.05, 0) is 62.4 Å². The molecular weight excluding hydrogens is 228 g/mol. The number of aliphatic hydroxyl groups is 1. The van der Waals surface area contributed by atoms with Gasteiger partial charge in [-0.15, -0.1) is 0 Å². The predicted molar refractivity (Wildman–Crippen MR) is 68.9 cm³/mol. The molecule has 0 aromatic heterocycles. The minimum Gasteiger partial charge on any atom is -0.391 e. The summed E-state index contributed by atoms with van der Waals surface area (Å²) in [5.41, 5.74) is 8.56. The summed E-state index contributed by atoms with van der Waals surface area (Å²) in [6, 6.07) is -0.0981. The van der Waals surface area contributed by atoms with Gasteiger partial charge in [-0.25, -0.2) is 0 Å². The van der Waals surface area contributed by atoms with Crippen LogP contribution in [0.1, 0.15) is 32.1 Å². The standard InChI is InChI=1S/C13H22N4O/c1-15-11(7-16-17-14)12(18)13-5-8-2-9(6-13)4-10(13)3-8/h8-12,15,18H,2-7H2,1H3/t8?,9?,10?,11-,12-,13?/m1/s1. The van der Waals surface area contributed by atoms with E-state index < -0.39 is 0 Å². The van der Waals surface area contributed by atoms with E-state index in [9.17, 15) is 5.11 Å².